The van der Waals surface area contributed by atoms with Gasteiger partial charge in [0.2, 0.25) is 0 Å². The van der Waals surface area contributed by atoms with Gasteiger partial charge in [0, 0.05) is 5.39 Å². The zero-order valence-corrected chi connectivity index (χ0v) is 24.3. The highest BCUT2D eigenvalue weighted by atomic mass is 32.2. The van der Waals surface area contributed by atoms with E-state index in [1.165, 1.54) is 42.1 Å². The minimum absolute atomic E-state index is 0.0237. The average molecular weight is 603 g/mol. The highest BCUT2D eigenvalue weighted by Crippen LogP contribution is 2.37. The second-order valence-corrected chi connectivity index (χ2v) is 13.0. The molecule has 0 fully saturated rings. The summed E-state index contributed by atoms with van der Waals surface area (Å²) < 4.78 is 63.5. The lowest BCUT2D eigenvalue weighted by atomic mass is 10.0. The van der Waals surface area contributed by atoms with Crippen molar-refractivity contribution in [3.05, 3.63) is 118 Å². The summed E-state index contributed by atoms with van der Waals surface area (Å²) in [6.07, 6.45) is 1.55. The maximum Gasteiger partial charge on any atom is 0.359 e. The van der Waals surface area contributed by atoms with Gasteiger partial charge in [0.1, 0.15) is 21.6 Å². The third kappa shape index (κ3) is 5.76. The molecule has 1 heterocycles. The van der Waals surface area contributed by atoms with Crippen molar-refractivity contribution in [3.8, 4) is 11.8 Å². The first-order valence-electron chi connectivity index (χ1n) is 12.2. The monoisotopic (exact) mass is 602 g/mol. The number of nitriles is 1. The van der Waals surface area contributed by atoms with Gasteiger partial charge in [0.05, 0.1) is 10.5 Å². The van der Waals surface area contributed by atoms with Crippen LogP contribution in [0.2, 0.25) is 0 Å². The average Bonchev–Trinajstić information content (AvgIpc) is 3.42. The van der Waals surface area contributed by atoms with Gasteiger partial charge in [0.15, 0.2) is 5.75 Å². The van der Waals surface area contributed by atoms with Gasteiger partial charge in [-0.05, 0) is 66.1 Å². The van der Waals surface area contributed by atoms with E-state index in [0.29, 0.717) is 21.4 Å². The predicted octanol–water partition coefficient (Wildman–Crippen LogP) is 6.48. The summed E-state index contributed by atoms with van der Waals surface area (Å²) in [6, 6.07) is 24.6. The minimum atomic E-state index is -4.56. The van der Waals surface area contributed by atoms with Crippen molar-refractivity contribution in [2.75, 3.05) is 0 Å². The second-order valence-electron chi connectivity index (χ2n) is 9.02. The van der Waals surface area contributed by atoms with Crippen molar-refractivity contribution >= 4 is 54.1 Å². The molecule has 5 rings (SSSR count). The first-order chi connectivity index (χ1) is 19.6. The molecule has 0 spiro atoms. The topological polar surface area (TPSA) is 123 Å². The van der Waals surface area contributed by atoms with E-state index in [4.69, 9.17) is 8.47 Å². The first kappa shape index (κ1) is 28.2. The number of rotatable bonds is 7. The summed E-state index contributed by atoms with van der Waals surface area (Å²) in [5, 5.41) is 15.9. The van der Waals surface area contributed by atoms with E-state index in [9.17, 15) is 22.1 Å². The summed E-state index contributed by atoms with van der Waals surface area (Å²) in [7, 11) is -8.83. The van der Waals surface area contributed by atoms with Gasteiger partial charge in [-0.25, -0.2) is 0 Å². The fraction of sp³-hybridized carbons (Fsp3) is 0.0667. The van der Waals surface area contributed by atoms with Crippen LogP contribution in [0, 0.1) is 25.2 Å². The first-order valence-corrected chi connectivity index (χ1v) is 15.9. The number of allylic oxidation sites excluding steroid dienone is 3. The molecule has 0 saturated heterocycles. The van der Waals surface area contributed by atoms with E-state index in [0.717, 1.165) is 11.1 Å². The molecule has 0 unspecified atom stereocenters. The lowest BCUT2D eigenvalue weighted by Crippen LogP contribution is -2.11. The van der Waals surface area contributed by atoms with Gasteiger partial charge in [-0.3, -0.25) is 4.28 Å². The van der Waals surface area contributed by atoms with Crippen LogP contribution >= 0.6 is 11.8 Å². The quantitative estimate of drug-likeness (QED) is 0.134. The summed E-state index contributed by atoms with van der Waals surface area (Å²) in [4.78, 5) is 0.0478. The molecule has 4 aromatic rings. The van der Waals surface area contributed by atoms with Crippen molar-refractivity contribution in [2.24, 2.45) is 5.16 Å². The van der Waals surface area contributed by atoms with E-state index in [-0.39, 0.29) is 26.6 Å². The normalized spacial score (nSPS) is 15.6. The smallest absolute Gasteiger partial charge is 0.359 e. The fourth-order valence-corrected chi connectivity index (χ4v) is 6.95. The Hall–Kier alpha value is -4.37. The Labute approximate surface area is 242 Å². The van der Waals surface area contributed by atoms with Crippen LogP contribution in [-0.4, -0.2) is 22.5 Å². The molecule has 0 atom stereocenters. The van der Waals surface area contributed by atoms with Crippen LogP contribution in [0.4, 0.5) is 0 Å². The SMILES string of the molecule is Cc1ccc(S(=O)(=O)Oc2cccc3cccc(S(=O)(=O)ON=C4C=CSC4=C(C#N)c4ccccc4C)c23)cc1. The van der Waals surface area contributed by atoms with Crippen molar-refractivity contribution in [1.29, 1.82) is 5.26 Å². The maximum absolute atomic E-state index is 13.5. The van der Waals surface area contributed by atoms with Crippen LogP contribution in [0.25, 0.3) is 16.3 Å². The summed E-state index contributed by atoms with van der Waals surface area (Å²) in [5.74, 6) is -0.179. The zero-order valence-electron chi connectivity index (χ0n) is 21.8. The molecule has 0 aromatic heterocycles. The summed E-state index contributed by atoms with van der Waals surface area (Å²) in [5.41, 5.74) is 2.94. The van der Waals surface area contributed by atoms with E-state index in [2.05, 4.69) is 11.2 Å². The largest absolute Gasteiger partial charge is 0.378 e. The number of hydrogen-bond donors (Lipinski definition) is 0. The van der Waals surface area contributed by atoms with E-state index in [1.54, 1.807) is 47.9 Å². The number of oxime groups is 1. The molecule has 1 aliphatic heterocycles. The standard InChI is InChI=1S/C30H22N2O6S3/c1-20-13-15-23(16-14-20)40(33,34)37-27-11-5-8-22-9-6-12-28(29(22)27)41(35,36)38-32-26-17-18-39-30(26)25(19-31)24-10-4-3-7-21(24)2/h3-18H,1-2H3. The van der Waals surface area contributed by atoms with E-state index < -0.39 is 20.2 Å². The second kappa shape index (κ2) is 11.2. The Morgan fingerprint density at radius 3 is 2.27 bits per heavy atom. The van der Waals surface area contributed by atoms with Crippen LogP contribution in [-0.2, 0) is 24.5 Å². The van der Waals surface area contributed by atoms with Crippen LogP contribution in [0.3, 0.4) is 0 Å². The van der Waals surface area contributed by atoms with E-state index in [1.807, 2.05) is 32.0 Å². The van der Waals surface area contributed by atoms with Gasteiger partial charge < -0.3 is 4.18 Å². The van der Waals surface area contributed by atoms with E-state index >= 15 is 0 Å². The van der Waals surface area contributed by atoms with Crippen LogP contribution in [0.5, 0.6) is 5.75 Å². The van der Waals surface area contributed by atoms with Crippen LogP contribution in [0.1, 0.15) is 16.7 Å². The van der Waals surface area contributed by atoms with Gasteiger partial charge in [-0.1, -0.05) is 83.1 Å². The molecular weight excluding hydrogens is 581 g/mol. The fourth-order valence-electron chi connectivity index (χ4n) is 4.20. The van der Waals surface area contributed by atoms with Gasteiger partial charge in [-0.15, -0.1) is 0 Å². The number of nitrogens with zero attached hydrogens (tertiary/aromatic N) is 2. The molecule has 11 heteroatoms. The Balaban J connectivity index is 1.54. The molecule has 0 N–H and O–H groups in total. The highest BCUT2D eigenvalue weighted by molar-refractivity contribution is 8.07. The number of fused-ring (bicyclic) bond motifs is 1. The van der Waals surface area contributed by atoms with Crippen LogP contribution < -0.4 is 4.18 Å². The van der Waals surface area contributed by atoms with Crippen molar-refractivity contribution in [2.45, 2.75) is 23.6 Å². The van der Waals surface area contributed by atoms with Gasteiger partial charge in [-0.2, -0.15) is 22.1 Å². The predicted molar refractivity (Wildman–Crippen MR) is 159 cm³/mol. The number of thioether (sulfide) groups is 1. The third-order valence-corrected chi connectivity index (χ3v) is 9.56. The number of benzene rings is 4. The maximum atomic E-state index is 13.5. The molecule has 4 aromatic carbocycles. The Morgan fingerprint density at radius 2 is 1.56 bits per heavy atom. The summed E-state index contributed by atoms with van der Waals surface area (Å²) in [6.45, 7) is 3.70. The molecule has 8 nitrogen and oxygen atoms in total. The van der Waals surface area contributed by atoms with Gasteiger partial charge >= 0.3 is 20.2 Å². The highest BCUT2D eigenvalue weighted by Gasteiger charge is 2.26. The molecule has 0 aliphatic carbocycles. The molecule has 0 saturated carbocycles. The minimum Gasteiger partial charge on any atom is -0.378 e. The molecule has 206 valence electrons. The van der Waals surface area contributed by atoms with Gasteiger partial charge in [0.25, 0.3) is 0 Å². The molecule has 1 aliphatic rings. The lowest BCUT2D eigenvalue weighted by molar-refractivity contribution is 0.340. The number of aryl methyl sites for hydroxylation is 2. The lowest BCUT2D eigenvalue weighted by Gasteiger charge is -2.13. The number of hydrogen-bond acceptors (Lipinski definition) is 9. The molecule has 0 amide bonds. The van der Waals surface area contributed by atoms with Crippen molar-refractivity contribution in [1.82, 2.24) is 0 Å². The van der Waals surface area contributed by atoms with Crippen LogP contribution in [0.15, 0.2) is 116 Å². The third-order valence-electron chi connectivity index (χ3n) is 6.24. The molecular formula is C30H22N2O6S3. The molecule has 41 heavy (non-hydrogen) atoms. The van der Waals surface area contributed by atoms with Crippen molar-refractivity contribution in [3.63, 3.8) is 0 Å². The Kier molecular flexibility index (Phi) is 7.73. The van der Waals surface area contributed by atoms with Crippen molar-refractivity contribution < 1.29 is 25.3 Å². The Morgan fingerprint density at radius 1 is 0.854 bits per heavy atom. The summed E-state index contributed by atoms with van der Waals surface area (Å²) >= 11 is 1.23. The molecule has 0 bridgehead atoms. The molecule has 0 radical (unpaired) electrons. The Bertz CT molecular complexity index is 2020. The zero-order chi connectivity index (χ0) is 29.2.